The Morgan fingerprint density at radius 3 is 0.950 bits per heavy atom. The summed E-state index contributed by atoms with van der Waals surface area (Å²) in [5.74, 6) is -0.666. The van der Waals surface area contributed by atoms with E-state index >= 15 is 0 Å². The van der Waals surface area contributed by atoms with Crippen LogP contribution in [0.15, 0.2) is 12.2 Å². The van der Waals surface area contributed by atoms with Crippen molar-refractivity contribution in [1.29, 1.82) is 0 Å². The molecule has 0 atom stereocenters. The van der Waals surface area contributed by atoms with Gasteiger partial charge in [0, 0.05) is 12.8 Å². The molecule has 0 aliphatic carbocycles. The first kappa shape index (κ1) is 42.0. The van der Waals surface area contributed by atoms with Gasteiger partial charge < -0.3 is 4.74 Å². The fourth-order valence-corrected chi connectivity index (χ4v) is 5.21. The van der Waals surface area contributed by atoms with Gasteiger partial charge in [-0.05, 0) is 38.5 Å². The summed E-state index contributed by atoms with van der Waals surface area (Å²) in [6.07, 6.45) is 41.2. The topological polar surface area (TPSA) is 43.4 Å². The molecule has 0 N–H and O–H groups in total. The molecule has 0 saturated heterocycles. The van der Waals surface area contributed by atoms with Crippen LogP contribution in [0.2, 0.25) is 0 Å². The first-order chi connectivity index (χ1) is 19.2. The molecule has 40 heavy (non-hydrogen) atoms. The molecule has 0 spiro atoms. The zero-order valence-electron chi connectivity index (χ0n) is 26.6. The van der Waals surface area contributed by atoms with Crippen LogP contribution < -0.4 is 0 Å². The van der Waals surface area contributed by atoms with E-state index in [2.05, 4.69) is 26.0 Å². The van der Waals surface area contributed by atoms with Gasteiger partial charge in [0.05, 0.1) is 0 Å². The summed E-state index contributed by atoms with van der Waals surface area (Å²) in [4.78, 5) is 23.8. The second-order valence-electron chi connectivity index (χ2n) is 11.9. The summed E-state index contributed by atoms with van der Waals surface area (Å²) >= 11 is 0. The number of allylic oxidation sites excluding steroid dienone is 2. The molecule has 4 heteroatoms. The predicted octanol–water partition coefficient (Wildman–Crippen LogP) is 11.7. The quantitative estimate of drug-likeness (QED) is 0.0273. The van der Waals surface area contributed by atoms with Crippen LogP contribution in [-0.4, -0.2) is 41.5 Å². The Balaban J connectivity index is 0. The van der Waals surface area contributed by atoms with E-state index in [1.54, 1.807) is 0 Å². The van der Waals surface area contributed by atoms with Crippen LogP contribution in [0.4, 0.5) is 0 Å². The van der Waals surface area contributed by atoms with Crippen molar-refractivity contribution in [2.45, 2.75) is 206 Å². The van der Waals surface area contributed by atoms with Gasteiger partial charge in [0.1, 0.15) is 0 Å². The van der Waals surface area contributed by atoms with Gasteiger partial charge in [-0.15, -0.1) is 0 Å². The van der Waals surface area contributed by atoms with Gasteiger partial charge in [0.15, 0.2) is 0 Å². The van der Waals surface area contributed by atoms with Crippen LogP contribution in [-0.2, 0) is 14.3 Å². The number of hydrogen-bond donors (Lipinski definition) is 0. The van der Waals surface area contributed by atoms with Crippen molar-refractivity contribution in [2.75, 3.05) is 0 Å². The van der Waals surface area contributed by atoms with Crippen LogP contribution in [0.25, 0.3) is 0 Å². The normalized spacial score (nSPS) is 11.2. The number of carbonyl (C=O) groups is 2. The fraction of sp³-hybridized carbons (Fsp3) is 0.889. The standard InChI is InChI=1S/C36H68O3.Na.H/c1-3-5-7-9-11-13-15-17-19-21-23-25-27-29-31-33-35(37)39-36(38)34-32-30-28-26-24-22-20-18-16-14-12-10-8-6-4-2;;/h17,19H,3-16,18,20-34H2,1-2H3;;/b19-17-;;. The minimum atomic E-state index is -0.335. The van der Waals surface area contributed by atoms with Gasteiger partial charge in [0.2, 0.25) is 0 Å². The molecule has 0 bridgehead atoms. The van der Waals surface area contributed by atoms with Crippen molar-refractivity contribution in [3.05, 3.63) is 12.2 Å². The van der Waals surface area contributed by atoms with E-state index in [4.69, 9.17) is 4.74 Å². The number of hydrogen-bond acceptors (Lipinski definition) is 3. The molecule has 0 aromatic heterocycles. The molecular weight excluding hydrogens is 503 g/mol. The molecule has 0 saturated carbocycles. The molecule has 0 aromatic carbocycles. The van der Waals surface area contributed by atoms with Crippen LogP contribution in [0, 0.1) is 0 Å². The molecule has 3 nitrogen and oxygen atoms in total. The Labute approximate surface area is 273 Å². The number of carbonyl (C=O) groups excluding carboxylic acids is 2. The molecule has 0 amide bonds. The van der Waals surface area contributed by atoms with Gasteiger partial charge in [0.25, 0.3) is 0 Å². The fourth-order valence-electron chi connectivity index (χ4n) is 5.21. The molecular formula is C36H69NaO3. The third-order valence-corrected chi connectivity index (χ3v) is 7.85. The summed E-state index contributed by atoms with van der Waals surface area (Å²) in [7, 11) is 0. The molecule has 0 rings (SSSR count). The van der Waals surface area contributed by atoms with E-state index in [-0.39, 0.29) is 41.5 Å². The first-order valence-corrected chi connectivity index (χ1v) is 17.6. The molecule has 0 aromatic rings. The second kappa shape index (κ2) is 36.9. The Hall–Kier alpha value is -0.120. The Morgan fingerprint density at radius 1 is 0.400 bits per heavy atom. The summed E-state index contributed by atoms with van der Waals surface area (Å²) in [5.41, 5.74) is 0. The van der Waals surface area contributed by atoms with Crippen molar-refractivity contribution in [1.82, 2.24) is 0 Å². The second-order valence-corrected chi connectivity index (χ2v) is 11.9. The number of unbranched alkanes of at least 4 members (excludes halogenated alkanes) is 25. The summed E-state index contributed by atoms with van der Waals surface area (Å²) in [6.45, 7) is 4.54. The summed E-state index contributed by atoms with van der Waals surface area (Å²) in [6, 6.07) is 0. The van der Waals surface area contributed by atoms with Crippen LogP contribution >= 0.6 is 0 Å². The Kier molecular flexibility index (Phi) is 38.8. The molecule has 0 aliphatic rings. The SMILES string of the molecule is CCCCCCCC/C=C\CCCCCCCC(=O)OC(=O)CCCCCCCCCCCCCCCCC.[NaH]. The molecule has 0 radical (unpaired) electrons. The van der Waals surface area contributed by atoms with Crippen LogP contribution in [0.1, 0.15) is 206 Å². The molecule has 232 valence electrons. The van der Waals surface area contributed by atoms with Gasteiger partial charge in [-0.2, -0.15) is 0 Å². The average molecular weight is 573 g/mol. The molecule has 0 heterocycles. The van der Waals surface area contributed by atoms with E-state index in [1.807, 2.05) is 0 Å². The Bertz CT molecular complexity index is 546. The minimum absolute atomic E-state index is 0. The van der Waals surface area contributed by atoms with E-state index in [0.29, 0.717) is 12.8 Å². The van der Waals surface area contributed by atoms with Gasteiger partial charge in [-0.25, -0.2) is 0 Å². The van der Waals surface area contributed by atoms with Crippen molar-refractivity contribution in [2.24, 2.45) is 0 Å². The maximum atomic E-state index is 11.9. The Morgan fingerprint density at radius 2 is 0.650 bits per heavy atom. The van der Waals surface area contributed by atoms with Crippen LogP contribution in [0.3, 0.4) is 0 Å². The molecule has 0 unspecified atom stereocenters. The predicted molar refractivity (Wildman–Crippen MR) is 177 cm³/mol. The van der Waals surface area contributed by atoms with Crippen molar-refractivity contribution in [3.63, 3.8) is 0 Å². The molecule has 0 fully saturated rings. The monoisotopic (exact) mass is 573 g/mol. The average Bonchev–Trinajstić information content (AvgIpc) is 2.93. The zero-order chi connectivity index (χ0) is 28.5. The zero-order valence-corrected chi connectivity index (χ0v) is 26.6. The van der Waals surface area contributed by atoms with E-state index in [1.165, 1.54) is 148 Å². The first-order valence-electron chi connectivity index (χ1n) is 17.6. The number of esters is 2. The van der Waals surface area contributed by atoms with Gasteiger partial charge >= 0.3 is 41.5 Å². The summed E-state index contributed by atoms with van der Waals surface area (Å²) in [5, 5.41) is 0. The third-order valence-electron chi connectivity index (χ3n) is 7.85. The van der Waals surface area contributed by atoms with Crippen molar-refractivity contribution < 1.29 is 14.3 Å². The van der Waals surface area contributed by atoms with E-state index in [9.17, 15) is 9.59 Å². The molecule has 0 aliphatic heterocycles. The van der Waals surface area contributed by atoms with Gasteiger partial charge in [-0.1, -0.05) is 167 Å². The number of ether oxygens (including phenoxy) is 1. The van der Waals surface area contributed by atoms with Crippen molar-refractivity contribution >= 4 is 41.5 Å². The van der Waals surface area contributed by atoms with Crippen LogP contribution in [0.5, 0.6) is 0 Å². The van der Waals surface area contributed by atoms with E-state index in [0.717, 1.165) is 32.1 Å². The van der Waals surface area contributed by atoms with E-state index < -0.39 is 0 Å². The van der Waals surface area contributed by atoms with Gasteiger partial charge in [-0.3, -0.25) is 9.59 Å². The third kappa shape index (κ3) is 35.9. The maximum absolute atomic E-state index is 11.9. The van der Waals surface area contributed by atoms with Crippen molar-refractivity contribution in [3.8, 4) is 0 Å². The number of rotatable bonds is 31. The summed E-state index contributed by atoms with van der Waals surface area (Å²) < 4.78 is 5.00.